The number of allylic oxidation sites excluding steroid dienone is 4. The highest BCUT2D eigenvalue weighted by atomic mass is 16.6. The van der Waals surface area contributed by atoms with Crippen molar-refractivity contribution >= 4 is 17.9 Å². The molecule has 0 bridgehead atoms. The summed E-state index contributed by atoms with van der Waals surface area (Å²) in [4.78, 5) is 38.1. The van der Waals surface area contributed by atoms with Crippen molar-refractivity contribution in [1.29, 1.82) is 0 Å². The maximum absolute atomic E-state index is 12.8. The number of hydrogen-bond donors (Lipinski definition) is 0. The molecule has 0 saturated heterocycles. The van der Waals surface area contributed by atoms with Crippen LogP contribution >= 0.6 is 0 Å². The summed E-state index contributed by atoms with van der Waals surface area (Å²) < 4.78 is 16.9. The minimum atomic E-state index is -0.775. The van der Waals surface area contributed by atoms with Gasteiger partial charge in [-0.3, -0.25) is 14.4 Å². The van der Waals surface area contributed by atoms with Crippen LogP contribution in [0.1, 0.15) is 329 Å². The molecule has 394 valence electrons. The highest BCUT2D eigenvalue weighted by Crippen LogP contribution is 2.17. The average molecular weight is 944 g/mol. The van der Waals surface area contributed by atoms with Crippen LogP contribution in [-0.4, -0.2) is 37.2 Å². The van der Waals surface area contributed by atoms with Gasteiger partial charge in [0.05, 0.1) is 0 Å². The number of carbonyl (C=O) groups excluding carboxylic acids is 3. The SMILES string of the molecule is CCCCC/C=C\CCCCCCCC(=O)OCC(COC(=O)CCCCCCCCCCCCCCCCCCCCCCCCC)OC(=O)CCCCCCC/C=C\CCCCCCC. The van der Waals surface area contributed by atoms with Gasteiger partial charge in [-0.1, -0.05) is 263 Å². The van der Waals surface area contributed by atoms with E-state index in [4.69, 9.17) is 14.2 Å². The van der Waals surface area contributed by atoms with Crippen molar-refractivity contribution in [1.82, 2.24) is 0 Å². The summed E-state index contributed by atoms with van der Waals surface area (Å²) in [5, 5.41) is 0. The summed E-state index contributed by atoms with van der Waals surface area (Å²) in [6, 6.07) is 0. The Hall–Kier alpha value is -2.11. The third-order valence-corrected chi connectivity index (χ3v) is 13.4. The zero-order chi connectivity index (χ0) is 48.6. The van der Waals surface area contributed by atoms with Gasteiger partial charge in [0.25, 0.3) is 0 Å². The summed E-state index contributed by atoms with van der Waals surface area (Å²) >= 11 is 0. The fraction of sp³-hybridized carbons (Fsp3) is 0.885. The third-order valence-electron chi connectivity index (χ3n) is 13.4. The summed E-state index contributed by atoms with van der Waals surface area (Å²) in [6.07, 6.45) is 66.1. The van der Waals surface area contributed by atoms with Crippen molar-refractivity contribution < 1.29 is 28.6 Å². The average Bonchev–Trinajstić information content (AvgIpc) is 3.33. The molecule has 67 heavy (non-hydrogen) atoms. The zero-order valence-electron chi connectivity index (χ0n) is 45.2. The third kappa shape index (κ3) is 54.7. The van der Waals surface area contributed by atoms with Crippen LogP contribution in [0.2, 0.25) is 0 Å². The van der Waals surface area contributed by atoms with Crippen molar-refractivity contribution in [2.75, 3.05) is 13.2 Å². The van der Waals surface area contributed by atoms with Crippen molar-refractivity contribution in [3.8, 4) is 0 Å². The summed E-state index contributed by atoms with van der Waals surface area (Å²) in [5.41, 5.74) is 0. The molecule has 0 aromatic rings. The molecule has 0 N–H and O–H groups in total. The largest absolute Gasteiger partial charge is 0.462 e. The normalized spacial score (nSPS) is 12.1. The van der Waals surface area contributed by atoms with Crippen LogP contribution in [0.15, 0.2) is 24.3 Å². The van der Waals surface area contributed by atoms with Crippen molar-refractivity contribution in [3.63, 3.8) is 0 Å². The molecule has 0 aliphatic carbocycles. The first-order valence-electron chi connectivity index (χ1n) is 29.8. The molecule has 0 aliphatic rings. The molecule has 0 spiro atoms. The van der Waals surface area contributed by atoms with Crippen LogP contribution in [0, 0.1) is 0 Å². The molecule has 0 heterocycles. The van der Waals surface area contributed by atoms with Crippen LogP contribution in [-0.2, 0) is 28.6 Å². The Labute approximate surface area is 417 Å². The first kappa shape index (κ1) is 64.9. The smallest absolute Gasteiger partial charge is 0.306 e. The first-order valence-corrected chi connectivity index (χ1v) is 29.8. The molecule has 1 atom stereocenters. The lowest BCUT2D eigenvalue weighted by molar-refractivity contribution is -0.167. The minimum absolute atomic E-state index is 0.0729. The summed E-state index contributed by atoms with van der Waals surface area (Å²) in [5.74, 6) is -0.872. The van der Waals surface area contributed by atoms with E-state index >= 15 is 0 Å². The van der Waals surface area contributed by atoms with Crippen LogP contribution in [0.3, 0.4) is 0 Å². The molecule has 0 fully saturated rings. The number of esters is 3. The van der Waals surface area contributed by atoms with Gasteiger partial charge in [0.15, 0.2) is 6.10 Å². The highest BCUT2D eigenvalue weighted by Gasteiger charge is 2.19. The van der Waals surface area contributed by atoms with Gasteiger partial charge in [-0.2, -0.15) is 0 Å². The fourth-order valence-electron chi connectivity index (χ4n) is 8.91. The maximum atomic E-state index is 12.8. The van der Waals surface area contributed by atoms with E-state index in [-0.39, 0.29) is 31.1 Å². The van der Waals surface area contributed by atoms with Gasteiger partial charge in [-0.05, 0) is 70.6 Å². The van der Waals surface area contributed by atoms with E-state index in [1.54, 1.807) is 0 Å². The molecule has 0 radical (unpaired) electrons. The number of hydrogen-bond acceptors (Lipinski definition) is 6. The molecule has 0 aromatic carbocycles. The topological polar surface area (TPSA) is 78.9 Å². The van der Waals surface area contributed by atoms with Gasteiger partial charge in [0.1, 0.15) is 13.2 Å². The molecule has 1 unspecified atom stereocenters. The van der Waals surface area contributed by atoms with Gasteiger partial charge in [-0.15, -0.1) is 0 Å². The molecule has 0 aliphatic heterocycles. The number of unbranched alkanes of at least 4 members (excludes halogenated alkanes) is 40. The van der Waals surface area contributed by atoms with Crippen molar-refractivity contribution in [2.45, 2.75) is 335 Å². The van der Waals surface area contributed by atoms with Gasteiger partial charge >= 0.3 is 17.9 Å². The quantitative estimate of drug-likeness (QED) is 0.0262. The van der Waals surface area contributed by atoms with Crippen LogP contribution in [0.4, 0.5) is 0 Å². The molecule has 0 amide bonds. The molecular weight excluding hydrogens is 829 g/mol. The van der Waals surface area contributed by atoms with E-state index in [2.05, 4.69) is 45.1 Å². The predicted octanol–water partition coefficient (Wildman–Crippen LogP) is 19.9. The fourth-order valence-corrected chi connectivity index (χ4v) is 8.91. The summed E-state index contributed by atoms with van der Waals surface area (Å²) in [6.45, 7) is 6.64. The Bertz CT molecular complexity index is 1080. The minimum Gasteiger partial charge on any atom is -0.462 e. The number of carbonyl (C=O) groups is 3. The lowest BCUT2D eigenvalue weighted by Crippen LogP contribution is -2.30. The second-order valence-electron chi connectivity index (χ2n) is 20.3. The second kappa shape index (κ2) is 56.5. The van der Waals surface area contributed by atoms with E-state index in [0.29, 0.717) is 19.3 Å². The maximum Gasteiger partial charge on any atom is 0.306 e. The Balaban J connectivity index is 4.22. The Morgan fingerprint density at radius 1 is 0.284 bits per heavy atom. The monoisotopic (exact) mass is 943 g/mol. The molecule has 0 saturated carbocycles. The van der Waals surface area contributed by atoms with Gasteiger partial charge in [0, 0.05) is 19.3 Å². The van der Waals surface area contributed by atoms with Gasteiger partial charge < -0.3 is 14.2 Å². The molecule has 0 rings (SSSR count). The van der Waals surface area contributed by atoms with Crippen molar-refractivity contribution in [2.24, 2.45) is 0 Å². The Kier molecular flexibility index (Phi) is 54.7. The molecule has 0 aromatic heterocycles. The lowest BCUT2D eigenvalue weighted by atomic mass is 10.0. The van der Waals surface area contributed by atoms with E-state index < -0.39 is 6.10 Å². The van der Waals surface area contributed by atoms with Crippen LogP contribution < -0.4 is 0 Å². The van der Waals surface area contributed by atoms with Crippen LogP contribution in [0.5, 0.6) is 0 Å². The van der Waals surface area contributed by atoms with E-state index in [1.165, 1.54) is 218 Å². The van der Waals surface area contributed by atoms with Crippen molar-refractivity contribution in [3.05, 3.63) is 24.3 Å². The van der Waals surface area contributed by atoms with Gasteiger partial charge in [0.2, 0.25) is 0 Å². The number of rotatable bonds is 55. The Morgan fingerprint density at radius 3 is 0.776 bits per heavy atom. The predicted molar refractivity (Wildman–Crippen MR) is 289 cm³/mol. The first-order chi connectivity index (χ1) is 33.0. The van der Waals surface area contributed by atoms with Gasteiger partial charge in [-0.25, -0.2) is 0 Å². The zero-order valence-corrected chi connectivity index (χ0v) is 45.2. The van der Waals surface area contributed by atoms with E-state index in [1.807, 2.05) is 0 Å². The second-order valence-corrected chi connectivity index (χ2v) is 20.3. The molecule has 6 nitrogen and oxygen atoms in total. The van der Waals surface area contributed by atoms with Crippen LogP contribution in [0.25, 0.3) is 0 Å². The standard InChI is InChI=1S/C61H114O6/c1-4-7-10-13-16-19-22-25-27-28-29-30-31-32-33-34-35-37-39-42-45-48-51-54-60(63)66-57-58(56-65-59(62)53-50-47-44-41-38-24-21-18-15-12-9-6-3)67-61(64)55-52-49-46-43-40-36-26-23-20-17-14-11-8-5-2/h18,21,23,26,58H,4-17,19-20,22,24-25,27-57H2,1-3H3/b21-18-,26-23-. The highest BCUT2D eigenvalue weighted by molar-refractivity contribution is 5.71. The summed E-state index contributed by atoms with van der Waals surface area (Å²) in [7, 11) is 0. The van der Waals surface area contributed by atoms with E-state index in [9.17, 15) is 14.4 Å². The number of ether oxygens (including phenoxy) is 3. The Morgan fingerprint density at radius 2 is 0.493 bits per heavy atom. The molecular formula is C61H114O6. The molecule has 6 heteroatoms. The van der Waals surface area contributed by atoms with E-state index in [0.717, 1.165) is 70.6 Å². The lowest BCUT2D eigenvalue weighted by Gasteiger charge is -2.18.